The molecule has 0 fully saturated rings. The summed E-state index contributed by atoms with van der Waals surface area (Å²) in [5, 5.41) is 0.965. The van der Waals surface area contributed by atoms with Crippen molar-refractivity contribution < 1.29 is 14.0 Å². The van der Waals surface area contributed by atoms with Crippen molar-refractivity contribution >= 4 is 21.8 Å². The Morgan fingerprint density at radius 3 is 2.86 bits per heavy atom. The lowest BCUT2D eigenvalue weighted by atomic mass is 10.3. The Bertz CT molecular complexity index is 359. The van der Waals surface area contributed by atoms with Gasteiger partial charge in [0.25, 0.3) is 5.91 Å². The van der Waals surface area contributed by atoms with Crippen LogP contribution in [0.2, 0.25) is 0 Å². The topological polar surface area (TPSA) is 42.4 Å². The Morgan fingerprint density at radius 1 is 1.64 bits per heavy atom. The number of carbonyl (C=O) groups excluding carboxylic acids is 1. The van der Waals surface area contributed by atoms with E-state index in [0.717, 1.165) is 11.1 Å². The van der Waals surface area contributed by atoms with Gasteiger partial charge >= 0.3 is 0 Å². The van der Waals surface area contributed by atoms with E-state index in [2.05, 4.69) is 25.8 Å². The molecule has 0 aromatic carbocycles. The second-order valence-corrected chi connectivity index (χ2v) is 3.30. The largest absolute Gasteiger partial charge is 0.297 e. The van der Waals surface area contributed by atoms with Crippen molar-refractivity contribution in [2.24, 2.45) is 0 Å². The van der Waals surface area contributed by atoms with Crippen LogP contribution < -0.4 is 0 Å². The Balaban J connectivity index is 3.06. The van der Waals surface area contributed by atoms with Gasteiger partial charge in [0.05, 0.1) is 7.11 Å². The highest BCUT2D eigenvalue weighted by Crippen LogP contribution is 2.16. The third-order valence-corrected chi connectivity index (χ3v) is 2.21. The summed E-state index contributed by atoms with van der Waals surface area (Å²) in [5.41, 5.74) is -0.0191. The van der Waals surface area contributed by atoms with Crippen LogP contribution in [0.5, 0.6) is 0 Å². The predicted molar refractivity (Wildman–Crippen MR) is 51.0 cm³/mol. The Labute approximate surface area is 88.8 Å². The Hall–Kier alpha value is -1.01. The van der Waals surface area contributed by atoms with Crippen LogP contribution in [0, 0.1) is 5.95 Å². The van der Waals surface area contributed by atoms with E-state index in [1.54, 1.807) is 0 Å². The van der Waals surface area contributed by atoms with Gasteiger partial charge in [0.2, 0.25) is 5.95 Å². The van der Waals surface area contributed by atoms with Gasteiger partial charge < -0.3 is 0 Å². The third kappa shape index (κ3) is 2.27. The molecule has 1 aromatic rings. The summed E-state index contributed by atoms with van der Waals surface area (Å²) in [4.78, 5) is 19.6. The molecule has 1 aromatic heterocycles. The van der Waals surface area contributed by atoms with Crippen LogP contribution in [-0.4, -0.2) is 30.1 Å². The fraction of sp³-hybridized carbons (Fsp3) is 0.250. The molecule has 1 heterocycles. The molecular formula is C8H8BrFN2O2. The molecule has 14 heavy (non-hydrogen) atoms. The van der Waals surface area contributed by atoms with Crippen molar-refractivity contribution in [1.29, 1.82) is 0 Å². The van der Waals surface area contributed by atoms with Crippen LogP contribution in [0.15, 0.2) is 16.6 Å². The van der Waals surface area contributed by atoms with Crippen molar-refractivity contribution in [2.75, 3.05) is 14.2 Å². The van der Waals surface area contributed by atoms with Crippen molar-refractivity contribution in [3.05, 3.63) is 28.2 Å². The van der Waals surface area contributed by atoms with Gasteiger partial charge in [0.1, 0.15) is 5.69 Å². The SMILES string of the molecule is CON(C)C(=O)c1nc(F)ccc1Br. The van der Waals surface area contributed by atoms with Gasteiger partial charge in [-0.1, -0.05) is 0 Å². The van der Waals surface area contributed by atoms with Crippen molar-refractivity contribution in [2.45, 2.75) is 0 Å². The van der Waals surface area contributed by atoms with Crippen LogP contribution in [0.1, 0.15) is 10.5 Å². The molecule has 1 rings (SSSR count). The Morgan fingerprint density at radius 2 is 2.29 bits per heavy atom. The molecule has 0 unspecified atom stereocenters. The fourth-order valence-electron chi connectivity index (χ4n) is 0.800. The zero-order chi connectivity index (χ0) is 10.7. The van der Waals surface area contributed by atoms with Gasteiger partial charge in [0.15, 0.2) is 0 Å². The number of nitrogens with zero attached hydrogens (tertiary/aromatic N) is 2. The summed E-state index contributed by atoms with van der Waals surface area (Å²) in [5.74, 6) is -1.22. The maximum absolute atomic E-state index is 12.7. The number of rotatable bonds is 2. The minimum atomic E-state index is -0.707. The molecule has 1 amide bonds. The summed E-state index contributed by atoms with van der Waals surface area (Å²) in [6, 6.07) is 2.58. The minimum Gasteiger partial charge on any atom is -0.274 e. The van der Waals surface area contributed by atoms with Gasteiger partial charge in [-0.15, -0.1) is 0 Å². The lowest BCUT2D eigenvalue weighted by molar-refractivity contribution is -0.0761. The third-order valence-electron chi connectivity index (χ3n) is 1.57. The smallest absolute Gasteiger partial charge is 0.274 e. The van der Waals surface area contributed by atoms with E-state index in [9.17, 15) is 9.18 Å². The van der Waals surface area contributed by atoms with Gasteiger partial charge in [0, 0.05) is 11.5 Å². The first kappa shape index (κ1) is 11.1. The minimum absolute atomic E-state index is 0.0191. The molecule has 6 heteroatoms. The Kier molecular flexibility index (Phi) is 3.54. The number of pyridine rings is 1. The number of amides is 1. The molecule has 0 aliphatic carbocycles. The first-order valence-electron chi connectivity index (χ1n) is 3.70. The summed E-state index contributed by atoms with van der Waals surface area (Å²) < 4.78 is 13.2. The zero-order valence-corrected chi connectivity index (χ0v) is 9.21. The van der Waals surface area contributed by atoms with Crippen LogP contribution in [-0.2, 0) is 4.84 Å². The molecule has 0 atom stereocenters. The van der Waals surface area contributed by atoms with E-state index < -0.39 is 11.9 Å². The monoisotopic (exact) mass is 262 g/mol. The first-order valence-corrected chi connectivity index (χ1v) is 4.49. The number of hydrogen-bond acceptors (Lipinski definition) is 3. The number of carbonyl (C=O) groups is 1. The summed E-state index contributed by atoms with van der Waals surface area (Å²) in [6.45, 7) is 0. The highest BCUT2D eigenvalue weighted by molar-refractivity contribution is 9.10. The second-order valence-electron chi connectivity index (χ2n) is 2.45. The molecule has 0 bridgehead atoms. The molecular weight excluding hydrogens is 255 g/mol. The maximum Gasteiger partial charge on any atom is 0.297 e. The van der Waals surface area contributed by atoms with Crippen LogP contribution >= 0.6 is 15.9 Å². The number of hydroxylamine groups is 2. The standard InChI is InChI=1S/C8H8BrFN2O2/c1-12(14-2)8(13)7-5(9)3-4-6(10)11-7/h3-4H,1-2H3. The first-order chi connectivity index (χ1) is 6.56. The summed E-state index contributed by atoms with van der Waals surface area (Å²) in [7, 11) is 2.76. The van der Waals surface area contributed by atoms with E-state index in [0.29, 0.717) is 4.47 Å². The van der Waals surface area contributed by atoms with E-state index >= 15 is 0 Å². The van der Waals surface area contributed by atoms with E-state index in [1.807, 2.05) is 0 Å². The summed E-state index contributed by atoms with van der Waals surface area (Å²) >= 11 is 3.10. The molecule has 4 nitrogen and oxygen atoms in total. The molecule has 0 aliphatic rings. The average Bonchev–Trinajstić information content (AvgIpc) is 2.19. The van der Waals surface area contributed by atoms with E-state index in [-0.39, 0.29) is 5.69 Å². The summed E-state index contributed by atoms with van der Waals surface area (Å²) in [6.07, 6.45) is 0. The zero-order valence-electron chi connectivity index (χ0n) is 7.62. The predicted octanol–water partition coefficient (Wildman–Crippen LogP) is 1.62. The number of halogens is 2. The van der Waals surface area contributed by atoms with Crippen LogP contribution in [0.25, 0.3) is 0 Å². The molecule has 0 saturated carbocycles. The van der Waals surface area contributed by atoms with Crippen molar-refractivity contribution in [3.8, 4) is 0 Å². The molecule has 0 radical (unpaired) electrons. The molecule has 0 N–H and O–H groups in total. The highest BCUT2D eigenvalue weighted by atomic mass is 79.9. The molecule has 0 saturated heterocycles. The lowest BCUT2D eigenvalue weighted by Crippen LogP contribution is -2.26. The van der Waals surface area contributed by atoms with E-state index in [1.165, 1.54) is 20.2 Å². The average molecular weight is 263 g/mol. The normalized spacial score (nSPS) is 10.0. The maximum atomic E-state index is 12.7. The highest BCUT2D eigenvalue weighted by Gasteiger charge is 2.17. The van der Waals surface area contributed by atoms with E-state index in [4.69, 9.17) is 0 Å². The molecule has 0 spiro atoms. The van der Waals surface area contributed by atoms with Gasteiger partial charge in [-0.3, -0.25) is 9.63 Å². The fourth-order valence-corrected chi connectivity index (χ4v) is 1.19. The van der Waals surface area contributed by atoms with Gasteiger partial charge in [-0.05, 0) is 28.1 Å². The van der Waals surface area contributed by atoms with Crippen molar-refractivity contribution in [3.63, 3.8) is 0 Å². The van der Waals surface area contributed by atoms with Gasteiger partial charge in [-0.25, -0.2) is 10.0 Å². The van der Waals surface area contributed by atoms with Gasteiger partial charge in [-0.2, -0.15) is 4.39 Å². The lowest BCUT2D eigenvalue weighted by Gasteiger charge is -2.13. The van der Waals surface area contributed by atoms with Crippen LogP contribution in [0.3, 0.4) is 0 Å². The second kappa shape index (κ2) is 4.47. The molecule has 76 valence electrons. The molecule has 0 aliphatic heterocycles. The van der Waals surface area contributed by atoms with Crippen LogP contribution in [0.4, 0.5) is 4.39 Å². The quantitative estimate of drug-likeness (QED) is 0.601. The number of hydrogen-bond donors (Lipinski definition) is 0. The van der Waals surface area contributed by atoms with Crippen molar-refractivity contribution in [1.82, 2.24) is 10.0 Å². The number of aromatic nitrogens is 1.